The Labute approximate surface area is 128 Å². The van der Waals surface area contributed by atoms with Gasteiger partial charge < -0.3 is 0 Å². The number of hydrogen-bond acceptors (Lipinski definition) is 3. The Morgan fingerprint density at radius 2 is 1.71 bits per heavy atom. The Kier molecular flexibility index (Phi) is 3.47. The average molecular weight is 299 g/mol. The third-order valence-electron chi connectivity index (χ3n) is 3.27. The summed E-state index contributed by atoms with van der Waals surface area (Å²) in [5, 5.41) is 5.20. The van der Waals surface area contributed by atoms with Crippen molar-refractivity contribution in [2.75, 3.05) is 0 Å². The molecular formula is C16H15ClN4. The second kappa shape index (κ2) is 5.30. The molecule has 4 nitrogen and oxygen atoms in total. The van der Waals surface area contributed by atoms with Gasteiger partial charge in [-0.15, -0.1) is 0 Å². The zero-order valence-electron chi connectivity index (χ0n) is 12.1. The van der Waals surface area contributed by atoms with Crippen LogP contribution in [0.2, 0.25) is 5.15 Å². The van der Waals surface area contributed by atoms with E-state index in [-0.39, 0.29) is 0 Å². The van der Waals surface area contributed by atoms with E-state index in [0.717, 1.165) is 22.5 Å². The van der Waals surface area contributed by atoms with Crippen LogP contribution in [0.15, 0.2) is 36.4 Å². The van der Waals surface area contributed by atoms with Crippen molar-refractivity contribution in [1.82, 2.24) is 19.7 Å². The first kappa shape index (κ1) is 13.8. The fourth-order valence-corrected chi connectivity index (χ4v) is 2.52. The van der Waals surface area contributed by atoms with Crippen molar-refractivity contribution in [2.45, 2.75) is 20.8 Å². The normalized spacial score (nSPS) is 10.9. The molecule has 2 heterocycles. The molecule has 106 valence electrons. The van der Waals surface area contributed by atoms with E-state index >= 15 is 0 Å². The lowest BCUT2D eigenvalue weighted by molar-refractivity contribution is 0.825. The molecular weight excluding hydrogens is 284 g/mol. The number of halogens is 1. The van der Waals surface area contributed by atoms with Crippen molar-refractivity contribution < 1.29 is 0 Å². The van der Waals surface area contributed by atoms with Gasteiger partial charge in [-0.05, 0) is 20.8 Å². The summed E-state index contributed by atoms with van der Waals surface area (Å²) in [5.41, 5.74) is 3.74. The smallest absolute Gasteiger partial charge is 0.159 e. The van der Waals surface area contributed by atoms with Crippen molar-refractivity contribution >= 4 is 11.6 Å². The summed E-state index contributed by atoms with van der Waals surface area (Å²) in [7, 11) is 0. The van der Waals surface area contributed by atoms with E-state index in [1.54, 1.807) is 4.68 Å². The number of benzene rings is 1. The monoisotopic (exact) mass is 298 g/mol. The topological polar surface area (TPSA) is 43.6 Å². The average Bonchev–Trinajstić information content (AvgIpc) is 2.75. The minimum absolute atomic E-state index is 0.575. The van der Waals surface area contributed by atoms with E-state index in [9.17, 15) is 0 Å². The fourth-order valence-electron chi connectivity index (χ4n) is 2.30. The minimum atomic E-state index is 0.575. The highest BCUT2D eigenvalue weighted by atomic mass is 35.5. The van der Waals surface area contributed by atoms with Crippen LogP contribution in [0.1, 0.15) is 17.1 Å². The maximum absolute atomic E-state index is 6.44. The van der Waals surface area contributed by atoms with Crippen LogP contribution in [0.3, 0.4) is 0 Å². The molecule has 0 spiro atoms. The van der Waals surface area contributed by atoms with E-state index in [1.807, 2.05) is 57.2 Å². The molecule has 1 aromatic carbocycles. The van der Waals surface area contributed by atoms with E-state index in [4.69, 9.17) is 11.6 Å². The highest BCUT2D eigenvalue weighted by molar-refractivity contribution is 6.31. The van der Waals surface area contributed by atoms with Crippen LogP contribution in [0.4, 0.5) is 0 Å². The molecule has 0 bridgehead atoms. The van der Waals surface area contributed by atoms with Crippen molar-refractivity contribution in [3.05, 3.63) is 58.6 Å². The second-order valence-corrected chi connectivity index (χ2v) is 5.31. The van der Waals surface area contributed by atoms with Gasteiger partial charge in [-0.1, -0.05) is 41.9 Å². The van der Waals surface area contributed by atoms with E-state index in [2.05, 4.69) is 15.1 Å². The third-order valence-corrected chi connectivity index (χ3v) is 3.71. The van der Waals surface area contributed by atoms with Crippen LogP contribution >= 0.6 is 11.6 Å². The Morgan fingerprint density at radius 1 is 1.00 bits per heavy atom. The summed E-state index contributed by atoms with van der Waals surface area (Å²) >= 11 is 6.44. The van der Waals surface area contributed by atoms with Crippen LogP contribution in [0.25, 0.3) is 17.1 Å². The highest BCUT2D eigenvalue weighted by Crippen LogP contribution is 2.29. The van der Waals surface area contributed by atoms with Gasteiger partial charge in [0.25, 0.3) is 0 Å². The van der Waals surface area contributed by atoms with E-state index < -0.39 is 0 Å². The third kappa shape index (κ3) is 2.54. The van der Waals surface area contributed by atoms with Crippen molar-refractivity contribution in [2.24, 2.45) is 0 Å². The van der Waals surface area contributed by atoms with Gasteiger partial charge in [0, 0.05) is 22.9 Å². The van der Waals surface area contributed by atoms with Gasteiger partial charge in [-0.3, -0.25) is 0 Å². The molecule has 3 rings (SSSR count). The first-order valence-corrected chi connectivity index (χ1v) is 7.07. The molecule has 0 radical (unpaired) electrons. The number of hydrogen-bond donors (Lipinski definition) is 0. The number of nitrogens with zero attached hydrogens (tertiary/aromatic N) is 4. The Balaban J connectivity index is 2.17. The molecule has 0 N–H and O–H groups in total. The van der Waals surface area contributed by atoms with Crippen LogP contribution in [-0.2, 0) is 0 Å². The molecule has 0 amide bonds. The number of aryl methyl sites for hydroxylation is 2. The molecule has 0 aliphatic rings. The zero-order valence-corrected chi connectivity index (χ0v) is 12.9. The van der Waals surface area contributed by atoms with Gasteiger partial charge in [0.2, 0.25) is 0 Å². The quantitative estimate of drug-likeness (QED) is 0.720. The van der Waals surface area contributed by atoms with Crippen LogP contribution in [0.5, 0.6) is 0 Å². The van der Waals surface area contributed by atoms with Gasteiger partial charge in [-0.2, -0.15) is 5.10 Å². The van der Waals surface area contributed by atoms with Gasteiger partial charge in [0.15, 0.2) is 5.82 Å². The summed E-state index contributed by atoms with van der Waals surface area (Å²) in [6.07, 6.45) is 0. The molecule has 0 aliphatic carbocycles. The molecule has 0 unspecified atom stereocenters. The summed E-state index contributed by atoms with van der Waals surface area (Å²) in [6, 6.07) is 11.9. The lowest BCUT2D eigenvalue weighted by atomic mass is 10.1. The van der Waals surface area contributed by atoms with E-state index in [0.29, 0.717) is 16.8 Å². The summed E-state index contributed by atoms with van der Waals surface area (Å²) in [5.74, 6) is 1.39. The van der Waals surface area contributed by atoms with Crippen LogP contribution in [-0.4, -0.2) is 19.7 Å². The zero-order chi connectivity index (χ0) is 15.0. The summed E-state index contributed by atoms with van der Waals surface area (Å²) in [4.78, 5) is 8.70. The van der Waals surface area contributed by atoms with Crippen LogP contribution < -0.4 is 0 Å². The van der Waals surface area contributed by atoms with Crippen molar-refractivity contribution in [1.29, 1.82) is 0 Å². The molecule has 21 heavy (non-hydrogen) atoms. The van der Waals surface area contributed by atoms with Gasteiger partial charge in [-0.25, -0.2) is 14.6 Å². The first-order chi connectivity index (χ1) is 10.1. The van der Waals surface area contributed by atoms with Gasteiger partial charge >= 0.3 is 0 Å². The first-order valence-electron chi connectivity index (χ1n) is 6.69. The molecule has 3 aromatic rings. The minimum Gasteiger partial charge on any atom is -0.238 e. The lowest BCUT2D eigenvalue weighted by Gasteiger charge is -2.04. The summed E-state index contributed by atoms with van der Waals surface area (Å²) < 4.78 is 1.67. The number of rotatable bonds is 2. The molecule has 0 fully saturated rings. The maximum atomic E-state index is 6.44. The SMILES string of the molecule is Cc1cc(-n2nc(-c3ccccc3)c(C)c2Cl)nc(C)n1. The van der Waals surface area contributed by atoms with Crippen molar-refractivity contribution in [3.63, 3.8) is 0 Å². The Morgan fingerprint density at radius 3 is 2.38 bits per heavy atom. The molecule has 0 saturated carbocycles. The van der Waals surface area contributed by atoms with Crippen LogP contribution in [0, 0.1) is 20.8 Å². The lowest BCUT2D eigenvalue weighted by Crippen LogP contribution is -2.03. The molecule has 5 heteroatoms. The second-order valence-electron chi connectivity index (χ2n) is 4.96. The predicted molar refractivity (Wildman–Crippen MR) is 83.8 cm³/mol. The largest absolute Gasteiger partial charge is 0.238 e. The molecule has 2 aromatic heterocycles. The predicted octanol–water partition coefficient (Wildman–Crippen LogP) is 3.91. The van der Waals surface area contributed by atoms with Gasteiger partial charge in [0.05, 0.1) is 5.69 Å². The Bertz CT molecular complexity index is 773. The highest BCUT2D eigenvalue weighted by Gasteiger charge is 2.16. The standard InChI is InChI=1S/C16H15ClN4/c1-10-9-14(19-12(3)18-10)21-16(17)11(2)15(20-21)13-7-5-4-6-8-13/h4-9H,1-3H3. The van der Waals surface area contributed by atoms with Crippen molar-refractivity contribution in [3.8, 4) is 17.1 Å². The molecule has 0 aliphatic heterocycles. The molecule has 0 saturated heterocycles. The number of aromatic nitrogens is 4. The maximum Gasteiger partial charge on any atom is 0.159 e. The fraction of sp³-hybridized carbons (Fsp3) is 0.188. The summed E-state index contributed by atoms with van der Waals surface area (Å²) in [6.45, 7) is 5.76. The van der Waals surface area contributed by atoms with E-state index in [1.165, 1.54) is 0 Å². The van der Waals surface area contributed by atoms with Gasteiger partial charge in [0.1, 0.15) is 11.0 Å². The Hall–Kier alpha value is -2.20. The molecule has 0 atom stereocenters.